The summed E-state index contributed by atoms with van der Waals surface area (Å²) in [5.74, 6) is -0.287. The molecular weight excluding hydrogens is 338 g/mol. The highest BCUT2D eigenvalue weighted by Crippen LogP contribution is 2.34. The zero-order valence-corrected chi connectivity index (χ0v) is 12.1. The Morgan fingerprint density at radius 2 is 2.00 bits per heavy atom. The van der Waals surface area contributed by atoms with Crippen molar-refractivity contribution < 1.29 is 9.72 Å². The maximum absolute atomic E-state index is 12.5. The van der Waals surface area contributed by atoms with Crippen LogP contribution in [0.5, 0.6) is 0 Å². The number of carbonyl (C=O) groups is 1. The molecule has 0 aliphatic carbocycles. The molecule has 2 aromatic heterocycles. The van der Waals surface area contributed by atoms with E-state index < -0.39 is 4.92 Å². The molecule has 7 heteroatoms. The molecule has 0 amide bonds. The van der Waals surface area contributed by atoms with Crippen molar-refractivity contribution in [3.05, 3.63) is 68.4 Å². The fraction of sp³-hybridized carbons (Fsp3) is 0. The predicted octanol–water partition coefficient (Wildman–Crippen LogP) is 3.46. The topological polar surface area (TPSA) is 88.9 Å². The molecule has 3 aromatic rings. The van der Waals surface area contributed by atoms with Crippen LogP contribution in [0.3, 0.4) is 0 Å². The lowest BCUT2D eigenvalue weighted by atomic mass is 10.0. The van der Waals surface area contributed by atoms with Crippen molar-refractivity contribution in [3.8, 4) is 0 Å². The molecule has 0 aliphatic rings. The number of carbonyl (C=O) groups excluding carboxylic acids is 1. The first kappa shape index (κ1) is 13.4. The monoisotopic (exact) mass is 345 g/mol. The minimum atomic E-state index is -0.524. The van der Waals surface area contributed by atoms with Crippen LogP contribution in [0.25, 0.3) is 11.0 Å². The smallest absolute Gasteiger partial charge is 0.296 e. The third kappa shape index (κ3) is 2.21. The number of hydrogen-bond acceptors (Lipinski definition) is 4. The molecule has 0 spiro atoms. The lowest BCUT2D eigenvalue weighted by Crippen LogP contribution is -2.01. The van der Waals surface area contributed by atoms with Crippen LogP contribution in [0, 0.1) is 10.1 Å². The van der Waals surface area contributed by atoms with Gasteiger partial charge in [-0.05, 0) is 15.9 Å². The second kappa shape index (κ2) is 5.10. The lowest BCUT2D eigenvalue weighted by Gasteiger charge is -2.01. The number of fused-ring (bicyclic) bond motifs is 1. The van der Waals surface area contributed by atoms with Gasteiger partial charge in [-0.25, -0.2) is 4.98 Å². The number of aromatic amines is 1. The predicted molar refractivity (Wildman–Crippen MR) is 80.3 cm³/mol. The molecule has 104 valence electrons. The van der Waals surface area contributed by atoms with Crippen molar-refractivity contribution in [1.29, 1.82) is 0 Å². The Morgan fingerprint density at radius 3 is 2.67 bits per heavy atom. The largest absolute Gasteiger partial charge is 0.345 e. The van der Waals surface area contributed by atoms with Crippen LogP contribution in [0.2, 0.25) is 0 Å². The number of rotatable bonds is 3. The molecule has 0 fully saturated rings. The van der Waals surface area contributed by atoms with Gasteiger partial charge in [0.1, 0.15) is 15.5 Å². The fourth-order valence-electron chi connectivity index (χ4n) is 2.16. The van der Waals surface area contributed by atoms with Gasteiger partial charge in [0.05, 0.1) is 16.7 Å². The van der Waals surface area contributed by atoms with E-state index in [1.165, 1.54) is 12.4 Å². The van der Waals surface area contributed by atoms with E-state index in [1.807, 2.05) is 0 Å². The first-order valence-corrected chi connectivity index (χ1v) is 6.78. The minimum absolute atomic E-state index is 0.166. The van der Waals surface area contributed by atoms with Gasteiger partial charge in [-0.1, -0.05) is 30.3 Å². The molecule has 0 radical (unpaired) electrons. The van der Waals surface area contributed by atoms with Crippen molar-refractivity contribution >= 4 is 38.4 Å². The van der Waals surface area contributed by atoms with Crippen molar-refractivity contribution in [2.45, 2.75) is 0 Å². The van der Waals surface area contributed by atoms with E-state index in [9.17, 15) is 14.9 Å². The van der Waals surface area contributed by atoms with E-state index >= 15 is 0 Å². The molecule has 0 saturated heterocycles. The number of benzene rings is 1. The molecule has 6 nitrogen and oxygen atoms in total. The third-order valence-corrected chi connectivity index (χ3v) is 3.67. The summed E-state index contributed by atoms with van der Waals surface area (Å²) < 4.78 is 0.238. The lowest BCUT2D eigenvalue weighted by molar-refractivity contribution is -0.383. The van der Waals surface area contributed by atoms with Gasteiger partial charge in [0.15, 0.2) is 5.78 Å². The Bertz CT molecular complexity index is 859. The number of ketones is 1. The van der Waals surface area contributed by atoms with E-state index in [4.69, 9.17) is 0 Å². The number of nitrogens with one attached hydrogen (secondary N) is 1. The van der Waals surface area contributed by atoms with Crippen molar-refractivity contribution in [2.24, 2.45) is 0 Å². The van der Waals surface area contributed by atoms with Gasteiger partial charge in [0, 0.05) is 11.8 Å². The van der Waals surface area contributed by atoms with Crippen LogP contribution >= 0.6 is 15.9 Å². The second-order valence-corrected chi connectivity index (χ2v) is 5.19. The van der Waals surface area contributed by atoms with Crippen LogP contribution in [0.1, 0.15) is 15.9 Å². The summed E-state index contributed by atoms with van der Waals surface area (Å²) in [4.78, 5) is 30.1. The quantitative estimate of drug-likeness (QED) is 0.447. The zero-order chi connectivity index (χ0) is 15.0. The van der Waals surface area contributed by atoms with Crippen LogP contribution in [-0.2, 0) is 0 Å². The average molecular weight is 346 g/mol. The number of pyridine rings is 1. The maximum atomic E-state index is 12.5. The standard InChI is InChI=1S/C14H8BrN3O3/c15-10-7-17-14-11(12(10)18(20)21)9(6-16-14)13(19)8-4-2-1-3-5-8/h1-7H,(H,16,17). The molecule has 0 atom stereocenters. The summed E-state index contributed by atoms with van der Waals surface area (Å²) in [5.41, 5.74) is 0.842. The molecule has 21 heavy (non-hydrogen) atoms. The van der Waals surface area contributed by atoms with Crippen LogP contribution in [-0.4, -0.2) is 20.7 Å². The Hall–Kier alpha value is -2.54. The van der Waals surface area contributed by atoms with Crippen molar-refractivity contribution in [2.75, 3.05) is 0 Å². The Kier molecular flexibility index (Phi) is 3.26. The van der Waals surface area contributed by atoms with Gasteiger partial charge >= 0.3 is 0 Å². The molecular formula is C14H8BrN3O3. The molecule has 0 saturated carbocycles. The van der Waals surface area contributed by atoms with Crippen LogP contribution < -0.4 is 0 Å². The number of nitrogens with zero attached hydrogens (tertiary/aromatic N) is 2. The van der Waals surface area contributed by atoms with E-state index in [1.54, 1.807) is 30.3 Å². The van der Waals surface area contributed by atoms with Crippen LogP contribution in [0.15, 0.2) is 47.2 Å². The zero-order valence-electron chi connectivity index (χ0n) is 10.5. The van der Waals surface area contributed by atoms with Gasteiger partial charge in [0.2, 0.25) is 0 Å². The Balaban J connectivity index is 2.27. The molecule has 1 aromatic carbocycles. The SMILES string of the molecule is O=C(c1ccccc1)c1c[nH]c2ncc(Br)c([N+](=O)[O-])c12. The Labute approximate surface area is 127 Å². The van der Waals surface area contributed by atoms with Gasteiger partial charge in [-0.3, -0.25) is 14.9 Å². The van der Waals surface area contributed by atoms with Crippen LogP contribution in [0.4, 0.5) is 5.69 Å². The third-order valence-electron chi connectivity index (χ3n) is 3.09. The van der Waals surface area contributed by atoms with E-state index in [0.717, 1.165) is 0 Å². The normalized spacial score (nSPS) is 10.7. The number of halogens is 1. The highest BCUT2D eigenvalue weighted by Gasteiger charge is 2.25. The van der Waals surface area contributed by atoms with Gasteiger partial charge in [0.25, 0.3) is 5.69 Å². The van der Waals surface area contributed by atoms with Crippen molar-refractivity contribution in [3.63, 3.8) is 0 Å². The van der Waals surface area contributed by atoms with E-state index in [0.29, 0.717) is 11.2 Å². The summed E-state index contributed by atoms with van der Waals surface area (Å²) in [6.07, 6.45) is 2.79. The summed E-state index contributed by atoms with van der Waals surface area (Å²) in [5, 5.41) is 11.5. The molecule has 2 heterocycles. The van der Waals surface area contributed by atoms with E-state index in [2.05, 4.69) is 25.9 Å². The molecule has 0 unspecified atom stereocenters. The molecule has 3 rings (SSSR count). The van der Waals surface area contributed by atoms with Gasteiger partial charge in [-0.2, -0.15) is 0 Å². The number of H-pyrrole nitrogens is 1. The average Bonchev–Trinajstić information content (AvgIpc) is 2.90. The second-order valence-electron chi connectivity index (χ2n) is 4.33. The van der Waals surface area contributed by atoms with Crippen molar-refractivity contribution in [1.82, 2.24) is 9.97 Å². The number of hydrogen-bond donors (Lipinski definition) is 1. The highest BCUT2D eigenvalue weighted by atomic mass is 79.9. The Morgan fingerprint density at radius 1 is 1.29 bits per heavy atom. The fourth-order valence-corrected chi connectivity index (χ4v) is 2.60. The van der Waals surface area contributed by atoms with Gasteiger partial charge < -0.3 is 4.98 Å². The van der Waals surface area contributed by atoms with E-state index in [-0.39, 0.29) is 26.9 Å². The summed E-state index contributed by atoms with van der Waals surface area (Å²) in [6.45, 7) is 0. The molecule has 1 N–H and O–H groups in total. The molecule has 0 bridgehead atoms. The maximum Gasteiger partial charge on any atom is 0.296 e. The van der Waals surface area contributed by atoms with Gasteiger partial charge in [-0.15, -0.1) is 0 Å². The summed E-state index contributed by atoms with van der Waals surface area (Å²) in [6, 6.07) is 8.61. The minimum Gasteiger partial charge on any atom is -0.345 e. The first-order valence-electron chi connectivity index (χ1n) is 5.99. The molecule has 0 aliphatic heterocycles. The summed E-state index contributed by atoms with van der Waals surface area (Å²) >= 11 is 3.11. The number of nitro groups is 1. The number of aromatic nitrogens is 2. The highest BCUT2D eigenvalue weighted by molar-refractivity contribution is 9.10. The summed E-state index contributed by atoms with van der Waals surface area (Å²) in [7, 11) is 0. The first-order chi connectivity index (χ1) is 10.1.